The molecule has 2 rings (SSSR count). The van der Waals surface area contributed by atoms with Gasteiger partial charge in [0.2, 0.25) is 5.88 Å². The second-order valence-electron chi connectivity index (χ2n) is 6.08. The topological polar surface area (TPSA) is 75.1 Å². The zero-order valence-corrected chi connectivity index (χ0v) is 12.9. The molecule has 0 atom stereocenters. The SMILES string of the molecule is CC(C)(C)Cn1c(O)c(-c2ccccc2Cl)c(=O)[nH]c1=O. The first-order chi connectivity index (χ1) is 9.70. The number of halogens is 1. The molecule has 0 aliphatic rings. The van der Waals surface area contributed by atoms with Gasteiger partial charge in [0.25, 0.3) is 5.56 Å². The minimum absolute atomic E-state index is 0.00412. The van der Waals surface area contributed by atoms with Crippen LogP contribution in [0, 0.1) is 5.41 Å². The van der Waals surface area contributed by atoms with E-state index in [-0.39, 0.29) is 23.4 Å². The lowest BCUT2D eigenvalue weighted by atomic mass is 9.96. The molecule has 0 aliphatic heterocycles. The molecule has 0 radical (unpaired) electrons. The molecule has 1 heterocycles. The van der Waals surface area contributed by atoms with Crippen LogP contribution in [-0.4, -0.2) is 14.7 Å². The summed E-state index contributed by atoms with van der Waals surface area (Å²) in [6, 6.07) is 6.68. The van der Waals surface area contributed by atoms with E-state index in [1.807, 2.05) is 20.8 Å². The Morgan fingerprint density at radius 2 is 1.86 bits per heavy atom. The van der Waals surface area contributed by atoms with E-state index < -0.39 is 11.2 Å². The standard InChI is InChI=1S/C15H17ClN2O3/c1-15(2,3)8-18-13(20)11(12(19)17-14(18)21)9-6-4-5-7-10(9)16/h4-7,20H,8H2,1-3H3,(H,17,19,21). The number of H-pyrrole nitrogens is 1. The van der Waals surface area contributed by atoms with Crippen LogP contribution < -0.4 is 11.2 Å². The van der Waals surface area contributed by atoms with Crippen molar-refractivity contribution in [3.8, 4) is 17.0 Å². The summed E-state index contributed by atoms with van der Waals surface area (Å²) in [6.07, 6.45) is 0. The predicted octanol–water partition coefficient (Wildman–Crippen LogP) is 2.61. The number of benzene rings is 1. The number of hydrogen-bond acceptors (Lipinski definition) is 3. The van der Waals surface area contributed by atoms with Crippen molar-refractivity contribution in [1.29, 1.82) is 0 Å². The molecular formula is C15H17ClN2O3. The molecule has 0 fully saturated rings. The van der Waals surface area contributed by atoms with Crippen molar-refractivity contribution in [2.45, 2.75) is 27.3 Å². The quantitative estimate of drug-likeness (QED) is 0.895. The highest BCUT2D eigenvalue weighted by Crippen LogP contribution is 2.31. The Balaban J connectivity index is 2.74. The molecule has 1 aromatic carbocycles. The van der Waals surface area contributed by atoms with Gasteiger partial charge in [-0.2, -0.15) is 0 Å². The maximum atomic E-state index is 12.0. The van der Waals surface area contributed by atoms with Crippen LogP contribution in [0.25, 0.3) is 11.1 Å². The third kappa shape index (κ3) is 3.19. The molecule has 6 heteroatoms. The maximum Gasteiger partial charge on any atom is 0.331 e. The van der Waals surface area contributed by atoms with Gasteiger partial charge in [-0.05, 0) is 11.5 Å². The molecule has 0 saturated heterocycles. The van der Waals surface area contributed by atoms with Crippen LogP contribution in [0.15, 0.2) is 33.9 Å². The highest BCUT2D eigenvalue weighted by Gasteiger charge is 2.21. The first kappa shape index (κ1) is 15.4. The lowest BCUT2D eigenvalue weighted by Crippen LogP contribution is -2.34. The molecule has 0 bridgehead atoms. The Kier molecular flexibility index (Phi) is 3.96. The van der Waals surface area contributed by atoms with Gasteiger partial charge >= 0.3 is 5.69 Å². The summed E-state index contributed by atoms with van der Waals surface area (Å²) in [5.74, 6) is -0.369. The highest BCUT2D eigenvalue weighted by atomic mass is 35.5. The number of aromatic hydroxyl groups is 1. The van der Waals surface area contributed by atoms with Gasteiger partial charge in [0.1, 0.15) is 5.56 Å². The average Bonchev–Trinajstić information content (AvgIpc) is 2.35. The van der Waals surface area contributed by atoms with E-state index in [1.54, 1.807) is 24.3 Å². The monoisotopic (exact) mass is 308 g/mol. The molecule has 2 N–H and O–H groups in total. The highest BCUT2D eigenvalue weighted by molar-refractivity contribution is 6.33. The fraction of sp³-hybridized carbons (Fsp3) is 0.333. The summed E-state index contributed by atoms with van der Waals surface area (Å²) in [5.41, 5.74) is -1.14. The average molecular weight is 309 g/mol. The number of hydrogen-bond donors (Lipinski definition) is 2. The largest absolute Gasteiger partial charge is 0.494 e. The normalized spacial score (nSPS) is 11.6. The van der Waals surface area contributed by atoms with Gasteiger partial charge in [-0.25, -0.2) is 4.79 Å². The van der Waals surface area contributed by atoms with Crippen LogP contribution in [0.4, 0.5) is 0 Å². The Hall–Kier alpha value is -2.01. The van der Waals surface area contributed by atoms with Crippen LogP contribution in [-0.2, 0) is 6.54 Å². The number of nitrogens with zero attached hydrogens (tertiary/aromatic N) is 1. The third-order valence-corrected chi connectivity index (χ3v) is 3.28. The van der Waals surface area contributed by atoms with Gasteiger partial charge in [0.15, 0.2) is 0 Å². The molecule has 112 valence electrons. The van der Waals surface area contributed by atoms with E-state index in [0.29, 0.717) is 10.6 Å². The van der Waals surface area contributed by atoms with Crippen LogP contribution >= 0.6 is 11.6 Å². The number of aromatic amines is 1. The smallest absolute Gasteiger partial charge is 0.331 e. The van der Waals surface area contributed by atoms with Crippen molar-refractivity contribution in [1.82, 2.24) is 9.55 Å². The van der Waals surface area contributed by atoms with Crippen LogP contribution in [0.2, 0.25) is 5.02 Å². The number of aromatic nitrogens is 2. The minimum atomic E-state index is -0.657. The van der Waals surface area contributed by atoms with Gasteiger partial charge in [0.05, 0.1) is 0 Å². The number of rotatable bonds is 2. The second-order valence-corrected chi connectivity index (χ2v) is 6.49. The van der Waals surface area contributed by atoms with Crippen molar-refractivity contribution in [3.63, 3.8) is 0 Å². The summed E-state index contributed by atoms with van der Waals surface area (Å²) in [4.78, 5) is 26.2. The molecule has 0 saturated carbocycles. The van der Waals surface area contributed by atoms with E-state index >= 15 is 0 Å². The van der Waals surface area contributed by atoms with Crippen LogP contribution in [0.5, 0.6) is 5.88 Å². The van der Waals surface area contributed by atoms with Crippen molar-refractivity contribution in [2.24, 2.45) is 5.41 Å². The van der Waals surface area contributed by atoms with Crippen molar-refractivity contribution < 1.29 is 5.11 Å². The molecule has 0 amide bonds. The van der Waals surface area contributed by atoms with E-state index in [0.717, 1.165) is 4.57 Å². The predicted molar refractivity (Wildman–Crippen MR) is 82.9 cm³/mol. The number of nitrogens with one attached hydrogen (secondary N) is 1. The fourth-order valence-electron chi connectivity index (χ4n) is 2.09. The zero-order chi connectivity index (χ0) is 15.8. The van der Waals surface area contributed by atoms with Gasteiger partial charge in [-0.3, -0.25) is 14.3 Å². The molecule has 21 heavy (non-hydrogen) atoms. The molecule has 5 nitrogen and oxygen atoms in total. The maximum absolute atomic E-state index is 12.0. The van der Waals surface area contributed by atoms with E-state index in [9.17, 15) is 14.7 Å². The fourth-order valence-corrected chi connectivity index (χ4v) is 2.32. The Labute approximate surface area is 126 Å². The third-order valence-electron chi connectivity index (χ3n) is 2.95. The molecule has 0 aliphatic carbocycles. The second kappa shape index (κ2) is 5.41. The first-order valence-corrected chi connectivity index (χ1v) is 6.89. The Morgan fingerprint density at radius 1 is 1.24 bits per heavy atom. The van der Waals surface area contributed by atoms with Crippen molar-refractivity contribution in [3.05, 3.63) is 50.1 Å². The lowest BCUT2D eigenvalue weighted by molar-refractivity contribution is 0.301. The van der Waals surface area contributed by atoms with Crippen molar-refractivity contribution >= 4 is 11.6 Å². The zero-order valence-electron chi connectivity index (χ0n) is 12.1. The molecule has 1 aromatic heterocycles. The van der Waals surface area contributed by atoms with Gasteiger partial charge in [-0.15, -0.1) is 0 Å². The molecule has 0 spiro atoms. The van der Waals surface area contributed by atoms with Crippen LogP contribution in [0.3, 0.4) is 0 Å². The van der Waals surface area contributed by atoms with Gasteiger partial charge in [-0.1, -0.05) is 50.6 Å². The Bertz CT molecular complexity index is 785. The summed E-state index contributed by atoms with van der Waals surface area (Å²) in [6.45, 7) is 6.06. The summed E-state index contributed by atoms with van der Waals surface area (Å²) >= 11 is 6.08. The Morgan fingerprint density at radius 3 is 2.43 bits per heavy atom. The van der Waals surface area contributed by atoms with Gasteiger partial charge in [0, 0.05) is 17.1 Å². The van der Waals surface area contributed by atoms with Gasteiger partial charge < -0.3 is 5.11 Å². The first-order valence-electron chi connectivity index (χ1n) is 6.52. The summed E-state index contributed by atoms with van der Waals surface area (Å²) in [5, 5.41) is 10.7. The van der Waals surface area contributed by atoms with E-state index in [2.05, 4.69) is 4.98 Å². The van der Waals surface area contributed by atoms with E-state index in [1.165, 1.54) is 0 Å². The lowest BCUT2D eigenvalue weighted by Gasteiger charge is -2.21. The summed E-state index contributed by atoms with van der Waals surface area (Å²) in [7, 11) is 0. The minimum Gasteiger partial charge on any atom is -0.494 e. The molecule has 2 aromatic rings. The van der Waals surface area contributed by atoms with E-state index in [4.69, 9.17) is 11.6 Å². The summed E-state index contributed by atoms with van der Waals surface area (Å²) < 4.78 is 1.15. The molecular weight excluding hydrogens is 292 g/mol. The molecule has 0 unspecified atom stereocenters. The van der Waals surface area contributed by atoms with Crippen LogP contribution in [0.1, 0.15) is 20.8 Å². The van der Waals surface area contributed by atoms with Crippen molar-refractivity contribution in [2.75, 3.05) is 0 Å².